The largest absolute Gasteiger partial charge is 0.465 e. The van der Waals surface area contributed by atoms with Gasteiger partial charge in [0.05, 0.1) is 6.54 Å². The first kappa shape index (κ1) is 16.2. The molecule has 0 spiro atoms. The molecule has 2 rings (SSSR count). The van der Waals surface area contributed by atoms with Crippen LogP contribution in [0.2, 0.25) is 0 Å². The Bertz CT molecular complexity index is 702. The maximum absolute atomic E-state index is 12.3. The van der Waals surface area contributed by atoms with Gasteiger partial charge in [0.2, 0.25) is 10.0 Å². The van der Waals surface area contributed by atoms with Crippen LogP contribution in [0.3, 0.4) is 0 Å². The lowest BCUT2D eigenvalue weighted by molar-refractivity contribution is 0.475. The van der Waals surface area contributed by atoms with Crippen molar-refractivity contribution in [1.82, 2.24) is 10.0 Å². The van der Waals surface area contributed by atoms with Gasteiger partial charge in [-0.25, -0.2) is 13.1 Å². The predicted octanol–water partition coefficient (Wildman–Crippen LogP) is 2.55. The molecule has 5 nitrogen and oxygen atoms in total. The first-order chi connectivity index (χ1) is 9.92. The third kappa shape index (κ3) is 4.16. The minimum atomic E-state index is -3.50. The van der Waals surface area contributed by atoms with Gasteiger partial charge in [-0.2, -0.15) is 0 Å². The molecule has 0 unspecified atom stereocenters. The summed E-state index contributed by atoms with van der Waals surface area (Å²) in [6.07, 6.45) is 0. The van der Waals surface area contributed by atoms with Crippen LogP contribution in [0.25, 0.3) is 0 Å². The van der Waals surface area contributed by atoms with E-state index in [0.29, 0.717) is 16.5 Å². The minimum absolute atomic E-state index is 0.162. The van der Waals surface area contributed by atoms with Gasteiger partial charge in [0.1, 0.15) is 15.7 Å². The molecule has 0 aliphatic rings. The van der Waals surface area contributed by atoms with E-state index in [9.17, 15) is 8.42 Å². The van der Waals surface area contributed by atoms with E-state index < -0.39 is 10.0 Å². The van der Waals surface area contributed by atoms with Crippen LogP contribution < -0.4 is 10.0 Å². The lowest BCUT2D eigenvalue weighted by Crippen LogP contribution is -2.22. The fraction of sp³-hybridized carbons (Fsp3) is 0.429. The van der Waals surface area contributed by atoms with E-state index in [-0.39, 0.29) is 6.54 Å². The highest BCUT2D eigenvalue weighted by atomic mass is 32.2. The topological polar surface area (TPSA) is 71.3 Å². The second kappa shape index (κ2) is 6.74. The minimum Gasteiger partial charge on any atom is -0.465 e. The molecule has 0 aliphatic heterocycles. The van der Waals surface area contributed by atoms with E-state index in [1.807, 2.05) is 26.8 Å². The molecule has 0 saturated heterocycles. The summed E-state index contributed by atoms with van der Waals surface area (Å²) in [5.74, 6) is 1.38. The number of hydrogen-bond donors (Lipinski definition) is 2. The van der Waals surface area contributed by atoms with Crippen LogP contribution in [0.5, 0.6) is 0 Å². The lowest BCUT2D eigenvalue weighted by atomic mass is 10.3. The molecular formula is C14H20N2O3S2. The number of furan rings is 1. The Kier molecular flexibility index (Phi) is 5.21. The molecule has 2 N–H and O–H groups in total. The highest BCUT2D eigenvalue weighted by Crippen LogP contribution is 2.26. The lowest BCUT2D eigenvalue weighted by Gasteiger charge is -2.02. The van der Waals surface area contributed by atoms with E-state index >= 15 is 0 Å². The van der Waals surface area contributed by atoms with Gasteiger partial charge >= 0.3 is 0 Å². The van der Waals surface area contributed by atoms with Crippen LogP contribution in [-0.2, 0) is 23.1 Å². The van der Waals surface area contributed by atoms with Gasteiger partial charge in [0.25, 0.3) is 0 Å². The average Bonchev–Trinajstić information content (AvgIpc) is 3.01. The molecule has 7 heteroatoms. The molecule has 0 atom stereocenters. The van der Waals surface area contributed by atoms with E-state index in [1.54, 1.807) is 12.1 Å². The van der Waals surface area contributed by atoms with Gasteiger partial charge in [-0.05, 0) is 44.2 Å². The van der Waals surface area contributed by atoms with Gasteiger partial charge < -0.3 is 9.73 Å². The molecule has 0 aromatic carbocycles. The fourth-order valence-electron chi connectivity index (χ4n) is 1.85. The van der Waals surface area contributed by atoms with Crippen LogP contribution in [0.15, 0.2) is 26.8 Å². The monoisotopic (exact) mass is 328 g/mol. The maximum Gasteiger partial charge on any atom is 0.250 e. The van der Waals surface area contributed by atoms with Crippen LogP contribution in [0, 0.1) is 13.8 Å². The molecule has 0 aliphatic carbocycles. The number of thiophene rings is 1. The summed E-state index contributed by atoms with van der Waals surface area (Å²) >= 11 is 1.30. The summed E-state index contributed by atoms with van der Waals surface area (Å²) in [5, 5.41) is 3.21. The first-order valence-electron chi connectivity index (χ1n) is 6.77. The summed E-state index contributed by atoms with van der Waals surface area (Å²) in [6.45, 7) is 7.49. The van der Waals surface area contributed by atoms with Gasteiger partial charge in [-0.3, -0.25) is 0 Å². The average molecular weight is 328 g/mol. The Morgan fingerprint density at radius 2 is 2.00 bits per heavy atom. The van der Waals surface area contributed by atoms with E-state index in [4.69, 9.17) is 4.42 Å². The summed E-state index contributed by atoms with van der Waals surface area (Å²) < 4.78 is 32.9. The number of nitrogens with one attached hydrogen (secondary N) is 2. The second-order valence-electron chi connectivity index (χ2n) is 4.79. The molecule has 21 heavy (non-hydrogen) atoms. The molecule has 0 amide bonds. The van der Waals surface area contributed by atoms with Crippen LogP contribution >= 0.6 is 11.3 Å². The number of aryl methyl sites for hydroxylation is 2. The smallest absolute Gasteiger partial charge is 0.250 e. The Labute approximate surface area is 129 Å². The predicted molar refractivity (Wildman–Crippen MR) is 83.9 cm³/mol. The Hall–Kier alpha value is -1.15. The van der Waals surface area contributed by atoms with E-state index in [0.717, 1.165) is 22.7 Å². The summed E-state index contributed by atoms with van der Waals surface area (Å²) in [5.41, 5.74) is 0.996. The summed E-state index contributed by atoms with van der Waals surface area (Å²) in [6, 6.07) is 5.30. The van der Waals surface area contributed by atoms with Gasteiger partial charge in [0, 0.05) is 11.4 Å². The maximum atomic E-state index is 12.3. The van der Waals surface area contributed by atoms with Gasteiger partial charge in [0.15, 0.2) is 0 Å². The first-order valence-corrected chi connectivity index (χ1v) is 9.07. The van der Waals surface area contributed by atoms with E-state index in [1.165, 1.54) is 11.3 Å². The quantitative estimate of drug-likeness (QED) is 0.819. The molecule has 0 bridgehead atoms. The molecule has 0 fully saturated rings. The SMILES string of the molecule is CCNCc1sc(S(=O)(=O)NCc2ccc(C)o2)cc1C. The highest BCUT2D eigenvalue weighted by molar-refractivity contribution is 7.91. The summed E-state index contributed by atoms with van der Waals surface area (Å²) in [4.78, 5) is 1.05. The Balaban J connectivity index is 2.08. The van der Waals surface area contributed by atoms with Crippen LogP contribution in [0.4, 0.5) is 0 Å². The number of rotatable bonds is 7. The normalized spacial score (nSPS) is 12.0. The number of sulfonamides is 1. The van der Waals surface area contributed by atoms with Crippen molar-refractivity contribution < 1.29 is 12.8 Å². The van der Waals surface area contributed by atoms with Gasteiger partial charge in [-0.1, -0.05) is 6.92 Å². The van der Waals surface area contributed by atoms with Crippen molar-refractivity contribution in [3.8, 4) is 0 Å². The molecule has 0 radical (unpaired) electrons. The van der Waals surface area contributed by atoms with Crippen molar-refractivity contribution in [2.24, 2.45) is 0 Å². The van der Waals surface area contributed by atoms with E-state index in [2.05, 4.69) is 10.0 Å². The van der Waals surface area contributed by atoms with Crippen LogP contribution in [0.1, 0.15) is 28.9 Å². The fourth-order valence-corrected chi connectivity index (χ4v) is 4.45. The zero-order valence-corrected chi connectivity index (χ0v) is 14.0. The third-order valence-corrected chi connectivity index (χ3v) is 6.14. The Morgan fingerprint density at radius 3 is 2.62 bits per heavy atom. The molecule has 2 heterocycles. The zero-order valence-electron chi connectivity index (χ0n) is 12.4. The Morgan fingerprint density at radius 1 is 1.24 bits per heavy atom. The number of hydrogen-bond acceptors (Lipinski definition) is 5. The second-order valence-corrected chi connectivity index (χ2v) is 7.92. The van der Waals surface area contributed by atoms with Crippen molar-refractivity contribution in [2.45, 2.75) is 38.1 Å². The molecule has 2 aromatic rings. The molecule has 116 valence electrons. The zero-order chi connectivity index (χ0) is 15.5. The molecular weight excluding hydrogens is 308 g/mol. The van der Waals surface area contributed by atoms with Crippen molar-refractivity contribution in [3.05, 3.63) is 40.2 Å². The molecule has 0 saturated carbocycles. The highest BCUT2D eigenvalue weighted by Gasteiger charge is 2.19. The van der Waals surface area contributed by atoms with Gasteiger partial charge in [-0.15, -0.1) is 11.3 Å². The van der Waals surface area contributed by atoms with Crippen molar-refractivity contribution in [1.29, 1.82) is 0 Å². The van der Waals surface area contributed by atoms with Crippen molar-refractivity contribution in [3.63, 3.8) is 0 Å². The standard InChI is InChI=1S/C14H20N2O3S2/c1-4-15-9-13-10(2)7-14(20-13)21(17,18)16-8-12-6-5-11(3)19-12/h5-7,15-16H,4,8-9H2,1-3H3. The van der Waals surface area contributed by atoms with Crippen LogP contribution in [-0.4, -0.2) is 15.0 Å². The van der Waals surface area contributed by atoms with Crippen molar-refractivity contribution >= 4 is 21.4 Å². The summed E-state index contributed by atoms with van der Waals surface area (Å²) in [7, 11) is -3.50. The van der Waals surface area contributed by atoms with Crippen molar-refractivity contribution in [2.75, 3.05) is 6.54 Å². The third-order valence-electron chi connectivity index (χ3n) is 3.03. The molecule has 2 aromatic heterocycles.